The smallest absolute Gasteiger partial charge is 0.471 e. The van der Waals surface area contributed by atoms with Gasteiger partial charge in [0.2, 0.25) is 11.7 Å². The van der Waals surface area contributed by atoms with E-state index in [1.165, 1.54) is 6.07 Å². The molecule has 2 aromatic rings. The van der Waals surface area contributed by atoms with E-state index in [4.69, 9.17) is 4.74 Å². The average Bonchev–Trinajstić information content (AvgIpc) is 3.30. The Bertz CT molecular complexity index is 962. The molecule has 162 valence electrons. The number of ether oxygens (including phenoxy) is 1. The molecule has 0 saturated carbocycles. The lowest BCUT2D eigenvalue weighted by Gasteiger charge is -2.29. The number of nitrogens with zero attached hydrogens (tertiary/aromatic N) is 4. The van der Waals surface area contributed by atoms with Crippen LogP contribution in [0.15, 0.2) is 16.7 Å². The highest BCUT2D eigenvalue weighted by atomic mass is 19.4. The summed E-state index contributed by atoms with van der Waals surface area (Å²) in [6.07, 6.45) is -4.05. The number of amides is 1. The number of alkyl halides is 3. The molecule has 11 heteroatoms. The summed E-state index contributed by atoms with van der Waals surface area (Å²) in [6.45, 7) is 3.44. The largest absolute Gasteiger partial charge is 0.491 e. The lowest BCUT2D eigenvalue weighted by Crippen LogP contribution is -2.43. The average molecular weight is 428 g/mol. The normalized spacial score (nSPS) is 22.5. The van der Waals surface area contributed by atoms with E-state index in [1.807, 2.05) is 14.0 Å². The summed E-state index contributed by atoms with van der Waals surface area (Å²) < 4.78 is 62.9. The van der Waals surface area contributed by atoms with Gasteiger partial charge in [-0.25, -0.2) is 4.39 Å². The van der Waals surface area contributed by atoms with E-state index in [0.29, 0.717) is 6.54 Å². The fourth-order valence-electron chi connectivity index (χ4n) is 3.77. The molecule has 0 N–H and O–H groups in total. The second-order valence-electron chi connectivity index (χ2n) is 7.73. The van der Waals surface area contributed by atoms with Crippen molar-refractivity contribution in [1.82, 2.24) is 19.9 Å². The first kappa shape index (κ1) is 20.6. The Hall–Kier alpha value is -2.69. The minimum absolute atomic E-state index is 0.00431. The van der Waals surface area contributed by atoms with Gasteiger partial charge in [0.25, 0.3) is 0 Å². The molecular formula is C19H20F4N4O3. The number of hydrogen-bond donors (Lipinski definition) is 0. The number of aromatic nitrogens is 2. The van der Waals surface area contributed by atoms with Crippen molar-refractivity contribution < 1.29 is 31.6 Å². The van der Waals surface area contributed by atoms with Crippen LogP contribution in [0.1, 0.15) is 24.8 Å². The van der Waals surface area contributed by atoms with E-state index in [1.54, 1.807) is 4.90 Å². The molecule has 0 bridgehead atoms. The van der Waals surface area contributed by atoms with Gasteiger partial charge in [-0.3, -0.25) is 4.79 Å². The van der Waals surface area contributed by atoms with Crippen molar-refractivity contribution >= 4 is 5.91 Å². The van der Waals surface area contributed by atoms with Gasteiger partial charge < -0.3 is 19.1 Å². The predicted octanol–water partition coefficient (Wildman–Crippen LogP) is 2.96. The maximum absolute atomic E-state index is 14.9. The Morgan fingerprint density at radius 3 is 2.70 bits per heavy atom. The van der Waals surface area contributed by atoms with Crippen LogP contribution in [0.5, 0.6) is 5.75 Å². The molecule has 0 unspecified atom stereocenters. The molecule has 0 aliphatic carbocycles. The fourth-order valence-corrected chi connectivity index (χ4v) is 3.77. The topological polar surface area (TPSA) is 71.7 Å². The maximum Gasteiger partial charge on any atom is 0.471 e. The van der Waals surface area contributed by atoms with Crippen LogP contribution in [-0.4, -0.2) is 58.6 Å². The minimum atomic E-state index is -4.80. The quantitative estimate of drug-likeness (QED) is 0.685. The molecule has 1 aromatic carbocycles. The van der Waals surface area contributed by atoms with Crippen molar-refractivity contribution in [3.8, 4) is 17.1 Å². The Morgan fingerprint density at radius 2 is 2.07 bits per heavy atom. The maximum atomic E-state index is 14.9. The van der Waals surface area contributed by atoms with Crippen molar-refractivity contribution in [3.63, 3.8) is 0 Å². The summed E-state index contributed by atoms with van der Waals surface area (Å²) in [4.78, 5) is 20.0. The van der Waals surface area contributed by atoms with Crippen molar-refractivity contribution in [2.75, 3.05) is 26.7 Å². The van der Waals surface area contributed by atoms with E-state index >= 15 is 0 Å². The number of rotatable bonds is 2. The van der Waals surface area contributed by atoms with Gasteiger partial charge in [0, 0.05) is 17.7 Å². The van der Waals surface area contributed by atoms with Crippen LogP contribution in [0.2, 0.25) is 0 Å². The minimum Gasteiger partial charge on any atom is -0.491 e. The molecule has 2 aliphatic heterocycles. The standard InChI is InChI=1S/C19H20F4N4O3/c1-10-9-29-15-6-12(16-24-18(30-25-16)19(21,22)23)5-14(20)13(15)8-27(10)17(28)11-3-4-26(2)7-11/h5-6,10-11H,3-4,7-9H2,1-2H3/t10-,11-/m0/s1. The zero-order valence-electron chi connectivity index (χ0n) is 16.4. The van der Waals surface area contributed by atoms with Gasteiger partial charge >= 0.3 is 12.1 Å². The zero-order valence-corrected chi connectivity index (χ0v) is 16.4. The van der Waals surface area contributed by atoms with E-state index in [-0.39, 0.29) is 47.9 Å². The number of carbonyl (C=O) groups is 1. The molecule has 7 nitrogen and oxygen atoms in total. The van der Waals surface area contributed by atoms with Crippen LogP contribution in [0, 0.1) is 11.7 Å². The Labute approximate surface area is 169 Å². The number of carbonyl (C=O) groups excluding carboxylic acids is 1. The van der Waals surface area contributed by atoms with Crippen LogP contribution in [0.4, 0.5) is 17.6 Å². The van der Waals surface area contributed by atoms with E-state index in [9.17, 15) is 22.4 Å². The summed E-state index contributed by atoms with van der Waals surface area (Å²) in [6, 6.07) is 2.10. The molecule has 0 radical (unpaired) electrons. The van der Waals surface area contributed by atoms with Crippen LogP contribution >= 0.6 is 0 Å². The van der Waals surface area contributed by atoms with Gasteiger partial charge in [-0.1, -0.05) is 5.16 Å². The van der Waals surface area contributed by atoms with Crippen molar-refractivity contribution in [2.24, 2.45) is 5.92 Å². The van der Waals surface area contributed by atoms with Crippen LogP contribution in [0.25, 0.3) is 11.4 Å². The molecule has 1 saturated heterocycles. The van der Waals surface area contributed by atoms with Gasteiger partial charge in [-0.05, 0) is 39.1 Å². The van der Waals surface area contributed by atoms with Gasteiger partial charge in [0.05, 0.1) is 18.5 Å². The fraction of sp³-hybridized carbons (Fsp3) is 0.526. The lowest BCUT2D eigenvalue weighted by atomic mass is 10.0. The molecule has 1 fully saturated rings. The molecular weight excluding hydrogens is 408 g/mol. The van der Waals surface area contributed by atoms with E-state index in [0.717, 1.165) is 19.0 Å². The summed E-state index contributed by atoms with van der Waals surface area (Å²) in [5.74, 6) is -2.68. The second kappa shape index (κ2) is 7.53. The number of halogens is 4. The molecule has 2 aliphatic rings. The third-order valence-corrected chi connectivity index (χ3v) is 5.45. The van der Waals surface area contributed by atoms with Crippen molar-refractivity contribution in [1.29, 1.82) is 0 Å². The molecule has 1 amide bonds. The zero-order chi connectivity index (χ0) is 21.6. The van der Waals surface area contributed by atoms with Gasteiger partial charge in [-0.15, -0.1) is 0 Å². The first-order valence-electron chi connectivity index (χ1n) is 9.49. The van der Waals surface area contributed by atoms with E-state index < -0.39 is 23.7 Å². The second-order valence-corrected chi connectivity index (χ2v) is 7.73. The lowest BCUT2D eigenvalue weighted by molar-refractivity contribution is -0.159. The third-order valence-electron chi connectivity index (χ3n) is 5.45. The first-order chi connectivity index (χ1) is 14.1. The van der Waals surface area contributed by atoms with Gasteiger partial charge in [-0.2, -0.15) is 18.2 Å². The molecule has 1 aromatic heterocycles. The molecule has 0 spiro atoms. The van der Waals surface area contributed by atoms with E-state index in [2.05, 4.69) is 19.6 Å². The molecule has 2 atom stereocenters. The SMILES string of the molecule is C[C@H]1COc2cc(-c3noc(C(F)(F)F)n3)cc(F)c2CN1C(=O)[C@H]1CCN(C)C1. The monoisotopic (exact) mass is 428 g/mol. The van der Waals surface area contributed by atoms with Crippen molar-refractivity contribution in [3.05, 3.63) is 29.4 Å². The Balaban J connectivity index is 1.62. The molecule has 3 heterocycles. The summed E-state index contributed by atoms with van der Waals surface area (Å²) in [5, 5.41) is 3.29. The highest BCUT2D eigenvalue weighted by Gasteiger charge is 2.39. The Kier molecular flexibility index (Phi) is 5.16. The third kappa shape index (κ3) is 3.85. The summed E-state index contributed by atoms with van der Waals surface area (Å²) in [5.41, 5.74) is 0.165. The van der Waals surface area contributed by atoms with Gasteiger partial charge in [0.1, 0.15) is 18.2 Å². The van der Waals surface area contributed by atoms with Crippen LogP contribution in [0.3, 0.4) is 0 Å². The summed E-state index contributed by atoms with van der Waals surface area (Å²) >= 11 is 0. The van der Waals surface area contributed by atoms with Crippen LogP contribution in [-0.2, 0) is 17.5 Å². The molecule has 30 heavy (non-hydrogen) atoms. The highest BCUT2D eigenvalue weighted by Crippen LogP contribution is 2.35. The highest BCUT2D eigenvalue weighted by molar-refractivity contribution is 5.80. The number of fused-ring (bicyclic) bond motifs is 1. The Morgan fingerprint density at radius 1 is 1.30 bits per heavy atom. The molecule has 4 rings (SSSR count). The summed E-state index contributed by atoms with van der Waals surface area (Å²) in [7, 11) is 1.95. The number of likely N-dealkylation sites (tertiary alicyclic amines) is 1. The van der Waals surface area contributed by atoms with Crippen molar-refractivity contribution in [2.45, 2.75) is 32.1 Å². The predicted molar refractivity (Wildman–Crippen MR) is 95.8 cm³/mol. The number of hydrogen-bond acceptors (Lipinski definition) is 6. The first-order valence-corrected chi connectivity index (χ1v) is 9.49. The number of benzene rings is 1. The van der Waals surface area contributed by atoms with Crippen LogP contribution < -0.4 is 4.74 Å². The van der Waals surface area contributed by atoms with Gasteiger partial charge in [0.15, 0.2) is 0 Å².